The number of hydrogen-bond acceptors (Lipinski definition) is 3. The van der Waals surface area contributed by atoms with Gasteiger partial charge in [-0.2, -0.15) is 0 Å². The third kappa shape index (κ3) is 3.64. The van der Waals surface area contributed by atoms with Gasteiger partial charge in [-0.3, -0.25) is 0 Å². The molecule has 1 saturated carbocycles. The molecule has 4 heteroatoms. The summed E-state index contributed by atoms with van der Waals surface area (Å²) in [5.74, 6) is 2.25. The number of ether oxygens (including phenoxy) is 2. The maximum atomic E-state index is 6.23. The van der Waals surface area contributed by atoms with Crippen molar-refractivity contribution < 1.29 is 9.47 Å². The Morgan fingerprint density at radius 2 is 1.95 bits per heavy atom. The van der Waals surface area contributed by atoms with E-state index in [2.05, 4.69) is 12.2 Å². The van der Waals surface area contributed by atoms with Crippen LogP contribution >= 0.6 is 11.6 Å². The molecule has 1 aliphatic carbocycles. The van der Waals surface area contributed by atoms with Gasteiger partial charge in [-0.15, -0.1) is 0 Å². The van der Waals surface area contributed by atoms with E-state index < -0.39 is 0 Å². The highest BCUT2D eigenvalue weighted by molar-refractivity contribution is 6.32. The molecule has 0 bridgehead atoms. The van der Waals surface area contributed by atoms with Crippen molar-refractivity contribution >= 4 is 11.6 Å². The van der Waals surface area contributed by atoms with Gasteiger partial charge in [0.25, 0.3) is 0 Å². The van der Waals surface area contributed by atoms with Gasteiger partial charge < -0.3 is 14.8 Å². The first-order chi connectivity index (χ1) is 10.2. The molecule has 2 aliphatic rings. The second-order valence-electron chi connectivity index (χ2n) is 6.23. The SMILES string of the molecule is C[C@H](NCc1cc(Cl)c2c(c1)OCO2)C1CCCCCC1. The van der Waals surface area contributed by atoms with Crippen LogP contribution in [0.5, 0.6) is 11.5 Å². The molecule has 1 heterocycles. The van der Waals surface area contributed by atoms with E-state index in [0.29, 0.717) is 16.8 Å². The van der Waals surface area contributed by atoms with Crippen LogP contribution in [0.3, 0.4) is 0 Å². The van der Waals surface area contributed by atoms with Crippen LogP contribution in [0.1, 0.15) is 51.0 Å². The van der Waals surface area contributed by atoms with E-state index >= 15 is 0 Å². The van der Waals surface area contributed by atoms with Crippen molar-refractivity contribution in [2.45, 2.75) is 58.0 Å². The van der Waals surface area contributed by atoms with Crippen LogP contribution < -0.4 is 14.8 Å². The summed E-state index contributed by atoms with van der Waals surface area (Å²) in [5.41, 5.74) is 1.16. The number of hydrogen-bond donors (Lipinski definition) is 1. The van der Waals surface area contributed by atoms with Gasteiger partial charge in [-0.1, -0.05) is 37.3 Å². The van der Waals surface area contributed by atoms with E-state index in [1.54, 1.807) is 0 Å². The molecule has 1 fully saturated rings. The molecule has 3 nitrogen and oxygen atoms in total. The van der Waals surface area contributed by atoms with E-state index in [1.807, 2.05) is 12.1 Å². The fourth-order valence-corrected chi connectivity index (χ4v) is 3.67. The van der Waals surface area contributed by atoms with Crippen LogP contribution in [-0.4, -0.2) is 12.8 Å². The molecular weight excluding hydrogens is 286 g/mol. The Balaban J connectivity index is 1.58. The third-order valence-electron chi connectivity index (χ3n) is 4.72. The van der Waals surface area contributed by atoms with Crippen molar-refractivity contribution in [1.82, 2.24) is 5.32 Å². The highest BCUT2D eigenvalue weighted by atomic mass is 35.5. The zero-order valence-electron chi connectivity index (χ0n) is 12.7. The Bertz CT molecular complexity index is 484. The van der Waals surface area contributed by atoms with Gasteiger partial charge in [0.05, 0.1) is 5.02 Å². The maximum Gasteiger partial charge on any atom is 0.231 e. The van der Waals surface area contributed by atoms with Crippen LogP contribution in [0.25, 0.3) is 0 Å². The second-order valence-corrected chi connectivity index (χ2v) is 6.64. The molecule has 1 N–H and O–H groups in total. The molecule has 116 valence electrons. The Morgan fingerprint density at radius 3 is 2.71 bits per heavy atom. The monoisotopic (exact) mass is 309 g/mol. The third-order valence-corrected chi connectivity index (χ3v) is 5.00. The highest BCUT2D eigenvalue weighted by Crippen LogP contribution is 2.39. The average molecular weight is 310 g/mol. The number of rotatable bonds is 4. The number of benzene rings is 1. The van der Waals surface area contributed by atoms with Crippen LogP contribution in [0.15, 0.2) is 12.1 Å². The van der Waals surface area contributed by atoms with Gasteiger partial charge in [0.2, 0.25) is 6.79 Å². The van der Waals surface area contributed by atoms with Crippen molar-refractivity contribution in [3.63, 3.8) is 0 Å². The summed E-state index contributed by atoms with van der Waals surface area (Å²) in [6, 6.07) is 4.55. The molecule has 0 spiro atoms. The normalized spacial score (nSPS) is 20.3. The number of nitrogens with one attached hydrogen (secondary N) is 1. The van der Waals surface area contributed by atoms with Crippen LogP contribution in [0.4, 0.5) is 0 Å². The largest absolute Gasteiger partial charge is 0.454 e. The summed E-state index contributed by atoms with van der Waals surface area (Å²) in [5, 5.41) is 4.30. The van der Waals surface area contributed by atoms with Crippen molar-refractivity contribution in [1.29, 1.82) is 0 Å². The first-order valence-corrected chi connectivity index (χ1v) is 8.43. The van der Waals surface area contributed by atoms with Gasteiger partial charge >= 0.3 is 0 Å². The molecule has 0 aromatic heterocycles. The smallest absolute Gasteiger partial charge is 0.231 e. The molecule has 0 amide bonds. The lowest BCUT2D eigenvalue weighted by molar-refractivity contribution is 0.174. The topological polar surface area (TPSA) is 30.5 Å². The van der Waals surface area contributed by atoms with E-state index in [1.165, 1.54) is 38.5 Å². The summed E-state index contributed by atoms with van der Waals surface area (Å²) in [6.45, 7) is 3.41. The first-order valence-electron chi connectivity index (χ1n) is 8.05. The quantitative estimate of drug-likeness (QED) is 0.830. The maximum absolute atomic E-state index is 6.23. The van der Waals surface area contributed by atoms with E-state index in [-0.39, 0.29) is 6.79 Å². The predicted octanol–water partition coefficient (Wildman–Crippen LogP) is 4.52. The molecule has 21 heavy (non-hydrogen) atoms. The number of fused-ring (bicyclic) bond motifs is 1. The van der Waals surface area contributed by atoms with Crippen molar-refractivity contribution in [2.24, 2.45) is 5.92 Å². The molecular formula is C17H24ClNO2. The molecule has 0 unspecified atom stereocenters. The fraction of sp³-hybridized carbons (Fsp3) is 0.647. The van der Waals surface area contributed by atoms with Gasteiger partial charge in [0.15, 0.2) is 11.5 Å². The lowest BCUT2D eigenvalue weighted by Crippen LogP contribution is -2.32. The van der Waals surface area contributed by atoms with Crippen LogP contribution in [0, 0.1) is 5.92 Å². The predicted molar refractivity (Wildman–Crippen MR) is 85.1 cm³/mol. The minimum absolute atomic E-state index is 0.268. The molecule has 1 aliphatic heterocycles. The summed E-state index contributed by atoms with van der Waals surface area (Å²) >= 11 is 6.23. The van der Waals surface area contributed by atoms with Crippen LogP contribution in [-0.2, 0) is 6.54 Å². The lowest BCUT2D eigenvalue weighted by atomic mass is 9.93. The summed E-state index contributed by atoms with van der Waals surface area (Å²) in [4.78, 5) is 0. The fourth-order valence-electron chi connectivity index (χ4n) is 3.38. The van der Waals surface area contributed by atoms with Gasteiger partial charge in [0.1, 0.15) is 0 Å². The Morgan fingerprint density at radius 1 is 1.19 bits per heavy atom. The van der Waals surface area contributed by atoms with Crippen molar-refractivity contribution in [2.75, 3.05) is 6.79 Å². The minimum Gasteiger partial charge on any atom is -0.454 e. The van der Waals surface area contributed by atoms with E-state index in [9.17, 15) is 0 Å². The Labute approximate surface area is 132 Å². The second kappa shape index (κ2) is 6.89. The van der Waals surface area contributed by atoms with Gasteiger partial charge in [-0.05, 0) is 43.4 Å². The molecule has 1 atom stereocenters. The molecule has 0 radical (unpaired) electrons. The van der Waals surface area contributed by atoms with E-state index in [0.717, 1.165) is 23.8 Å². The number of halogens is 1. The van der Waals surface area contributed by atoms with Crippen molar-refractivity contribution in [3.05, 3.63) is 22.7 Å². The highest BCUT2D eigenvalue weighted by Gasteiger charge is 2.20. The molecule has 1 aromatic carbocycles. The average Bonchev–Trinajstić information content (AvgIpc) is 2.79. The van der Waals surface area contributed by atoms with Gasteiger partial charge in [-0.25, -0.2) is 0 Å². The van der Waals surface area contributed by atoms with E-state index in [4.69, 9.17) is 21.1 Å². The zero-order chi connectivity index (χ0) is 14.7. The Hall–Kier alpha value is -0.930. The summed E-state index contributed by atoms with van der Waals surface area (Å²) in [6.07, 6.45) is 8.28. The molecule has 0 saturated heterocycles. The Kier molecular flexibility index (Phi) is 4.91. The standard InChI is InChI=1S/C17H24ClNO2/c1-12(14-6-4-2-3-5-7-14)19-10-13-8-15(18)17-16(9-13)20-11-21-17/h8-9,12,14,19H,2-7,10-11H2,1H3/t12-/m0/s1. The molecule has 1 aromatic rings. The lowest BCUT2D eigenvalue weighted by Gasteiger charge is -2.23. The summed E-state index contributed by atoms with van der Waals surface area (Å²) < 4.78 is 10.8. The van der Waals surface area contributed by atoms with Crippen LogP contribution in [0.2, 0.25) is 5.02 Å². The summed E-state index contributed by atoms with van der Waals surface area (Å²) in [7, 11) is 0. The van der Waals surface area contributed by atoms with Gasteiger partial charge in [0, 0.05) is 12.6 Å². The minimum atomic E-state index is 0.268. The molecule has 3 rings (SSSR count). The first kappa shape index (κ1) is 15.0. The van der Waals surface area contributed by atoms with Crippen molar-refractivity contribution in [3.8, 4) is 11.5 Å². The zero-order valence-corrected chi connectivity index (χ0v) is 13.4.